The standard InChI is InChI=1S/C23H27ClN6O4S2.ClH/c1-29-9-7-16-19(12-29)35-23(27-16)22(32)26-17-4-3-8-30(36(2,33)34)20(17)28-21(31)18-11-13-10-14(24)5-6-15(13)25-18;/h5-6,10-11,17,20,25H,3-4,7-9,12H2,1-2H3,(H,26,32)(H,28,31);1H/t17-,20?;/m1./s1. The zero-order chi connectivity index (χ0) is 25.6. The van der Waals surface area contributed by atoms with Crippen molar-refractivity contribution < 1.29 is 18.0 Å². The molecule has 1 aromatic carbocycles. The van der Waals surface area contributed by atoms with Crippen LogP contribution in [-0.4, -0.2) is 78.0 Å². The van der Waals surface area contributed by atoms with Gasteiger partial charge in [0, 0.05) is 46.9 Å². The summed E-state index contributed by atoms with van der Waals surface area (Å²) < 4.78 is 26.4. The van der Waals surface area contributed by atoms with Gasteiger partial charge in [0.1, 0.15) is 11.9 Å². The molecule has 2 amide bonds. The number of H-pyrrole nitrogens is 1. The molecule has 1 fully saturated rings. The Morgan fingerprint density at radius 3 is 2.73 bits per heavy atom. The number of carbonyl (C=O) groups is 2. The van der Waals surface area contributed by atoms with Crippen molar-refractivity contribution in [3.63, 3.8) is 0 Å². The molecule has 5 rings (SSSR count). The molecular formula is C23H28Cl2N6O4S2. The first kappa shape index (κ1) is 27.8. The molecule has 2 aromatic heterocycles. The minimum atomic E-state index is -3.65. The second kappa shape index (κ2) is 10.9. The third-order valence-corrected chi connectivity index (χ3v) is 9.13. The molecule has 2 aliphatic heterocycles. The maximum Gasteiger partial charge on any atom is 0.280 e. The first-order valence-corrected chi connectivity index (χ1v) is 14.7. The molecule has 4 heterocycles. The number of halogens is 2. The number of fused-ring (bicyclic) bond motifs is 2. The van der Waals surface area contributed by atoms with E-state index >= 15 is 0 Å². The number of carbonyl (C=O) groups excluding carboxylic acids is 2. The predicted octanol–water partition coefficient (Wildman–Crippen LogP) is 2.60. The van der Waals surface area contributed by atoms with E-state index in [2.05, 4.69) is 25.5 Å². The number of amides is 2. The largest absolute Gasteiger partial charge is 0.351 e. The summed E-state index contributed by atoms with van der Waals surface area (Å²) in [4.78, 5) is 37.1. The van der Waals surface area contributed by atoms with Gasteiger partial charge in [-0.25, -0.2) is 13.4 Å². The van der Waals surface area contributed by atoms with Gasteiger partial charge in [-0.15, -0.1) is 23.7 Å². The lowest BCUT2D eigenvalue weighted by Gasteiger charge is -2.40. The molecule has 0 saturated carbocycles. The van der Waals surface area contributed by atoms with Gasteiger partial charge >= 0.3 is 0 Å². The first-order valence-electron chi connectivity index (χ1n) is 11.6. The predicted molar refractivity (Wildman–Crippen MR) is 146 cm³/mol. The first-order chi connectivity index (χ1) is 17.1. The van der Waals surface area contributed by atoms with Gasteiger partial charge in [-0.3, -0.25) is 9.59 Å². The number of benzene rings is 1. The number of aromatic nitrogens is 2. The number of sulfonamides is 1. The van der Waals surface area contributed by atoms with Crippen LogP contribution >= 0.6 is 35.3 Å². The van der Waals surface area contributed by atoms with Gasteiger partial charge < -0.3 is 20.5 Å². The number of nitrogens with one attached hydrogen (secondary N) is 3. The highest BCUT2D eigenvalue weighted by molar-refractivity contribution is 7.88. The van der Waals surface area contributed by atoms with Crippen molar-refractivity contribution in [3.8, 4) is 0 Å². The van der Waals surface area contributed by atoms with Crippen molar-refractivity contribution in [2.45, 2.75) is 38.0 Å². The average molecular weight is 588 g/mol. The fourth-order valence-electron chi connectivity index (χ4n) is 4.75. The van der Waals surface area contributed by atoms with E-state index in [0.29, 0.717) is 22.9 Å². The van der Waals surface area contributed by atoms with Gasteiger partial charge in [0.25, 0.3) is 11.8 Å². The van der Waals surface area contributed by atoms with Crippen molar-refractivity contribution in [2.75, 3.05) is 26.4 Å². The zero-order valence-electron chi connectivity index (χ0n) is 20.3. The summed E-state index contributed by atoms with van der Waals surface area (Å²) >= 11 is 7.41. The van der Waals surface area contributed by atoms with Crippen molar-refractivity contribution in [2.24, 2.45) is 0 Å². The lowest BCUT2D eigenvalue weighted by Crippen LogP contribution is -2.63. The van der Waals surface area contributed by atoms with Crippen LogP contribution in [0, 0.1) is 0 Å². The van der Waals surface area contributed by atoms with Crippen LogP contribution in [0.4, 0.5) is 0 Å². The van der Waals surface area contributed by atoms with Crippen molar-refractivity contribution in [1.29, 1.82) is 0 Å². The number of hydrogen-bond acceptors (Lipinski definition) is 7. The molecule has 2 atom stereocenters. The van der Waals surface area contributed by atoms with Crippen molar-refractivity contribution in [1.82, 2.24) is 29.8 Å². The molecule has 37 heavy (non-hydrogen) atoms. The van der Waals surface area contributed by atoms with Crippen LogP contribution in [0.3, 0.4) is 0 Å². The van der Waals surface area contributed by atoms with Crippen LogP contribution in [0.5, 0.6) is 0 Å². The summed E-state index contributed by atoms with van der Waals surface area (Å²) in [6, 6.07) is 6.27. The molecule has 10 nitrogen and oxygen atoms in total. The van der Waals surface area contributed by atoms with E-state index in [-0.39, 0.29) is 30.6 Å². The van der Waals surface area contributed by atoms with Crippen molar-refractivity contribution >= 4 is 68.1 Å². The minimum absolute atomic E-state index is 0. The zero-order valence-corrected chi connectivity index (χ0v) is 23.5. The van der Waals surface area contributed by atoms with Gasteiger partial charge in [0.15, 0.2) is 5.01 Å². The van der Waals surface area contributed by atoms with Crippen molar-refractivity contribution in [3.05, 3.63) is 50.6 Å². The normalized spacial score (nSPS) is 20.7. The molecule has 1 unspecified atom stereocenters. The van der Waals surface area contributed by atoms with Gasteiger partial charge in [-0.1, -0.05) is 11.6 Å². The van der Waals surface area contributed by atoms with Crippen LogP contribution in [0.25, 0.3) is 10.9 Å². The van der Waals surface area contributed by atoms with E-state index in [9.17, 15) is 18.0 Å². The molecular weight excluding hydrogens is 559 g/mol. The maximum absolute atomic E-state index is 13.2. The van der Waals surface area contributed by atoms with E-state index in [1.54, 1.807) is 24.3 Å². The Labute approximate surface area is 230 Å². The summed E-state index contributed by atoms with van der Waals surface area (Å²) in [5.74, 6) is -0.841. The molecule has 3 aromatic rings. The Kier molecular flexibility index (Phi) is 8.17. The van der Waals surface area contributed by atoms with Gasteiger partial charge in [-0.2, -0.15) is 4.31 Å². The third-order valence-electron chi connectivity index (χ3n) is 6.55. The molecule has 0 bridgehead atoms. The highest BCUT2D eigenvalue weighted by Crippen LogP contribution is 2.26. The number of aromatic amines is 1. The van der Waals surface area contributed by atoms with Crippen LogP contribution in [0.1, 0.15) is 43.7 Å². The second-order valence-electron chi connectivity index (χ2n) is 9.31. The molecule has 3 N–H and O–H groups in total. The lowest BCUT2D eigenvalue weighted by molar-refractivity contribution is 0.0779. The SMILES string of the molecule is CN1CCc2nc(C(=O)N[C@@H]3CCCN(S(C)(=O)=O)C3NC(=O)c3cc4cc(Cl)ccc4[nH]3)sc2C1.Cl. The summed E-state index contributed by atoms with van der Waals surface area (Å²) in [5.41, 5.74) is 1.94. The Morgan fingerprint density at radius 1 is 1.19 bits per heavy atom. The molecule has 2 aliphatic rings. The molecule has 0 aliphatic carbocycles. The smallest absolute Gasteiger partial charge is 0.280 e. The number of likely N-dealkylation sites (N-methyl/N-ethyl adjacent to an activating group) is 1. The third kappa shape index (κ3) is 5.94. The second-order valence-corrected chi connectivity index (χ2v) is 12.8. The quantitative estimate of drug-likeness (QED) is 0.421. The Morgan fingerprint density at radius 2 is 1.97 bits per heavy atom. The average Bonchev–Trinajstić information content (AvgIpc) is 3.43. The molecule has 0 spiro atoms. The molecule has 1 saturated heterocycles. The summed E-state index contributed by atoms with van der Waals surface area (Å²) in [6.07, 6.45) is 2.01. The summed E-state index contributed by atoms with van der Waals surface area (Å²) in [7, 11) is -1.63. The maximum atomic E-state index is 13.2. The van der Waals surface area contributed by atoms with Crippen LogP contribution < -0.4 is 10.6 Å². The number of rotatable bonds is 5. The number of hydrogen-bond donors (Lipinski definition) is 3. The van der Waals surface area contributed by atoms with E-state index in [0.717, 1.165) is 47.2 Å². The molecule has 14 heteroatoms. The Hall–Kier alpha value is -2.22. The van der Waals surface area contributed by atoms with Gasteiger partial charge in [-0.05, 0) is 44.2 Å². The van der Waals surface area contributed by atoms with Crippen LogP contribution in [0.15, 0.2) is 24.3 Å². The van der Waals surface area contributed by atoms with Crippen LogP contribution in [-0.2, 0) is 23.0 Å². The Bertz CT molecular complexity index is 1440. The number of piperidine rings is 1. The van der Waals surface area contributed by atoms with E-state index in [1.165, 1.54) is 15.6 Å². The van der Waals surface area contributed by atoms with Gasteiger partial charge in [0.05, 0.1) is 18.0 Å². The molecule has 200 valence electrons. The summed E-state index contributed by atoms with van der Waals surface area (Å²) in [6.45, 7) is 1.88. The highest BCUT2D eigenvalue weighted by atomic mass is 35.5. The van der Waals surface area contributed by atoms with Gasteiger partial charge in [0.2, 0.25) is 10.0 Å². The molecule has 0 radical (unpaired) electrons. The van der Waals surface area contributed by atoms with E-state index < -0.39 is 28.1 Å². The lowest BCUT2D eigenvalue weighted by atomic mass is 10.0. The fourth-order valence-corrected chi connectivity index (χ4v) is 7.09. The topological polar surface area (TPSA) is 128 Å². The fraction of sp³-hybridized carbons (Fsp3) is 0.435. The minimum Gasteiger partial charge on any atom is -0.351 e. The number of thiazole rings is 1. The summed E-state index contributed by atoms with van der Waals surface area (Å²) in [5, 5.41) is 7.44. The van der Waals surface area contributed by atoms with E-state index in [4.69, 9.17) is 11.6 Å². The van der Waals surface area contributed by atoms with E-state index in [1.807, 2.05) is 7.05 Å². The van der Waals surface area contributed by atoms with Crippen LogP contribution in [0.2, 0.25) is 5.02 Å². The monoisotopic (exact) mass is 586 g/mol. The number of nitrogens with zero attached hydrogens (tertiary/aromatic N) is 3. The highest BCUT2D eigenvalue weighted by Gasteiger charge is 2.39. The Balaban J connectivity index is 0.00000320.